The number of hydrogen-bond acceptors (Lipinski definition) is 7. The first-order chi connectivity index (χ1) is 13.7. The Morgan fingerprint density at radius 2 is 2.14 bits per heavy atom. The van der Waals surface area contributed by atoms with Gasteiger partial charge in [-0.1, -0.05) is 6.92 Å². The first kappa shape index (κ1) is 21.0. The van der Waals surface area contributed by atoms with Gasteiger partial charge < -0.3 is 10.1 Å². The number of thiophene rings is 1. The molecule has 3 rings (SSSR count). The predicted molar refractivity (Wildman–Crippen MR) is 108 cm³/mol. The van der Waals surface area contributed by atoms with Crippen LogP contribution in [0.4, 0.5) is 10.7 Å². The Bertz CT molecular complexity index is 978. The van der Waals surface area contributed by atoms with Gasteiger partial charge in [0.05, 0.1) is 17.1 Å². The molecule has 0 radical (unpaired) electrons. The van der Waals surface area contributed by atoms with E-state index in [1.807, 2.05) is 0 Å². The van der Waals surface area contributed by atoms with Gasteiger partial charge in [-0.05, 0) is 51.5 Å². The smallest absolute Gasteiger partial charge is 0.341 e. The monoisotopic (exact) mass is 420 g/mol. The number of nitrogens with one attached hydrogen (secondary N) is 1. The SMILES string of the molecule is CCOC(=O)c1c(NC(=O)Cn2nc(C)c([N+](=O)[O-])c2C)sc2c1CCC(C)C2. The van der Waals surface area contributed by atoms with E-state index in [0.717, 1.165) is 29.7 Å². The van der Waals surface area contributed by atoms with Crippen LogP contribution in [0.5, 0.6) is 0 Å². The highest BCUT2D eigenvalue weighted by Gasteiger charge is 2.29. The number of esters is 1. The summed E-state index contributed by atoms with van der Waals surface area (Å²) in [5.41, 5.74) is 1.88. The molecule has 1 atom stereocenters. The van der Waals surface area contributed by atoms with Crippen molar-refractivity contribution in [3.8, 4) is 0 Å². The first-order valence-corrected chi connectivity index (χ1v) is 10.3. The zero-order valence-electron chi connectivity index (χ0n) is 16.9. The molecule has 2 heterocycles. The van der Waals surface area contributed by atoms with E-state index in [9.17, 15) is 19.7 Å². The Kier molecular flexibility index (Phi) is 6.02. The fraction of sp³-hybridized carbons (Fsp3) is 0.526. The summed E-state index contributed by atoms with van der Waals surface area (Å²) in [5.74, 6) is -0.311. The van der Waals surface area contributed by atoms with E-state index in [4.69, 9.17) is 4.74 Å². The fourth-order valence-corrected chi connectivity index (χ4v) is 5.08. The molecule has 1 aliphatic rings. The third kappa shape index (κ3) is 4.16. The van der Waals surface area contributed by atoms with Gasteiger partial charge in [-0.2, -0.15) is 5.10 Å². The number of anilines is 1. The van der Waals surface area contributed by atoms with E-state index in [0.29, 0.717) is 22.2 Å². The largest absolute Gasteiger partial charge is 0.462 e. The molecule has 10 heteroatoms. The van der Waals surface area contributed by atoms with E-state index in [-0.39, 0.29) is 24.5 Å². The van der Waals surface area contributed by atoms with Gasteiger partial charge in [0.15, 0.2) is 0 Å². The van der Waals surface area contributed by atoms with Crippen molar-refractivity contribution < 1.29 is 19.2 Å². The summed E-state index contributed by atoms with van der Waals surface area (Å²) < 4.78 is 6.52. The van der Waals surface area contributed by atoms with Crippen LogP contribution in [-0.2, 0) is 28.9 Å². The van der Waals surface area contributed by atoms with E-state index >= 15 is 0 Å². The van der Waals surface area contributed by atoms with Gasteiger partial charge in [0, 0.05) is 4.88 Å². The minimum absolute atomic E-state index is 0.0920. The molecular weight excluding hydrogens is 396 g/mol. The number of aromatic nitrogens is 2. The molecule has 2 aromatic rings. The van der Waals surface area contributed by atoms with Gasteiger partial charge in [0.1, 0.15) is 22.9 Å². The zero-order chi connectivity index (χ0) is 21.3. The molecule has 0 bridgehead atoms. The molecule has 0 aliphatic heterocycles. The molecule has 156 valence electrons. The average molecular weight is 420 g/mol. The van der Waals surface area contributed by atoms with Gasteiger partial charge in [0.25, 0.3) is 0 Å². The molecule has 1 aliphatic carbocycles. The highest BCUT2D eigenvalue weighted by atomic mass is 32.1. The number of nitro groups is 1. The van der Waals surface area contributed by atoms with Gasteiger partial charge in [-0.3, -0.25) is 19.6 Å². The van der Waals surface area contributed by atoms with Crippen molar-refractivity contribution >= 4 is 33.9 Å². The summed E-state index contributed by atoms with van der Waals surface area (Å²) in [6.07, 6.45) is 2.63. The lowest BCUT2D eigenvalue weighted by atomic mass is 9.88. The van der Waals surface area contributed by atoms with E-state index in [1.165, 1.54) is 22.9 Å². The normalized spacial score (nSPS) is 15.7. The van der Waals surface area contributed by atoms with Gasteiger partial charge in [0.2, 0.25) is 5.91 Å². The quantitative estimate of drug-likeness (QED) is 0.435. The molecule has 2 aromatic heterocycles. The Hall–Kier alpha value is -2.75. The van der Waals surface area contributed by atoms with Crippen LogP contribution in [-0.4, -0.2) is 33.2 Å². The fourth-order valence-electron chi connectivity index (χ4n) is 3.67. The van der Waals surface area contributed by atoms with Crippen molar-refractivity contribution in [2.45, 2.75) is 53.5 Å². The number of hydrogen-bond donors (Lipinski definition) is 1. The van der Waals surface area contributed by atoms with E-state index in [2.05, 4.69) is 17.3 Å². The number of rotatable bonds is 6. The minimum Gasteiger partial charge on any atom is -0.462 e. The molecule has 0 spiro atoms. The van der Waals surface area contributed by atoms with Crippen LogP contribution in [0, 0.1) is 29.9 Å². The van der Waals surface area contributed by atoms with Gasteiger partial charge in [-0.25, -0.2) is 4.79 Å². The molecule has 0 saturated carbocycles. The number of carbonyl (C=O) groups excluding carboxylic acids is 2. The topological polar surface area (TPSA) is 116 Å². The van der Waals surface area contributed by atoms with Crippen molar-refractivity contribution in [1.82, 2.24) is 9.78 Å². The minimum atomic E-state index is -0.501. The summed E-state index contributed by atoms with van der Waals surface area (Å²) >= 11 is 1.41. The molecule has 29 heavy (non-hydrogen) atoms. The summed E-state index contributed by atoms with van der Waals surface area (Å²) in [5, 5.41) is 18.5. The van der Waals surface area contributed by atoms with Crippen LogP contribution in [0.2, 0.25) is 0 Å². The maximum atomic E-state index is 12.6. The maximum Gasteiger partial charge on any atom is 0.341 e. The summed E-state index contributed by atoms with van der Waals surface area (Å²) in [6, 6.07) is 0. The van der Waals surface area contributed by atoms with Crippen LogP contribution in [0.3, 0.4) is 0 Å². The zero-order valence-corrected chi connectivity index (χ0v) is 17.7. The van der Waals surface area contributed by atoms with Gasteiger partial charge in [-0.15, -0.1) is 11.3 Å². The van der Waals surface area contributed by atoms with E-state index in [1.54, 1.807) is 13.8 Å². The van der Waals surface area contributed by atoms with Crippen LogP contribution in [0.25, 0.3) is 0 Å². The highest BCUT2D eigenvalue weighted by Crippen LogP contribution is 2.40. The Morgan fingerprint density at radius 1 is 1.41 bits per heavy atom. The second-order valence-electron chi connectivity index (χ2n) is 7.26. The summed E-state index contributed by atoms with van der Waals surface area (Å²) in [4.78, 5) is 36.9. The average Bonchev–Trinajstić information content (AvgIpc) is 3.10. The maximum absolute atomic E-state index is 12.6. The third-order valence-electron chi connectivity index (χ3n) is 5.06. The van der Waals surface area contributed by atoms with Crippen molar-refractivity contribution in [3.63, 3.8) is 0 Å². The summed E-state index contributed by atoms with van der Waals surface area (Å²) in [6.45, 7) is 7.07. The van der Waals surface area contributed by atoms with Crippen molar-refractivity contribution in [2.75, 3.05) is 11.9 Å². The molecule has 0 saturated heterocycles. The number of aryl methyl sites for hydroxylation is 1. The predicted octanol–water partition coefficient (Wildman–Crippen LogP) is 3.41. The molecule has 1 N–H and O–H groups in total. The van der Waals surface area contributed by atoms with Crippen molar-refractivity contribution in [3.05, 3.63) is 37.5 Å². The molecular formula is C19H24N4O5S. The molecule has 1 unspecified atom stereocenters. The third-order valence-corrected chi connectivity index (χ3v) is 6.23. The number of amides is 1. The second kappa shape index (κ2) is 8.32. The number of nitrogens with zero attached hydrogens (tertiary/aromatic N) is 3. The lowest BCUT2D eigenvalue weighted by Crippen LogP contribution is -2.21. The number of carbonyl (C=O) groups is 2. The molecule has 9 nitrogen and oxygen atoms in total. The summed E-state index contributed by atoms with van der Waals surface area (Å²) in [7, 11) is 0. The van der Waals surface area contributed by atoms with Crippen molar-refractivity contribution in [2.24, 2.45) is 5.92 Å². The Labute approximate surface area is 172 Å². The highest BCUT2D eigenvalue weighted by molar-refractivity contribution is 7.17. The standard InChI is InChI=1S/C19H24N4O5S/c1-5-28-19(25)16-13-7-6-10(2)8-14(13)29-18(16)20-15(24)9-22-12(4)17(23(26)27)11(3)21-22/h10H,5-9H2,1-4H3,(H,20,24). The van der Waals surface area contributed by atoms with E-state index < -0.39 is 16.8 Å². The molecule has 0 aromatic carbocycles. The van der Waals surface area contributed by atoms with Crippen LogP contribution < -0.4 is 5.32 Å². The van der Waals surface area contributed by atoms with Crippen LogP contribution in [0.1, 0.15) is 52.5 Å². The number of fused-ring (bicyclic) bond motifs is 1. The first-order valence-electron chi connectivity index (χ1n) is 9.52. The van der Waals surface area contributed by atoms with Crippen molar-refractivity contribution in [1.29, 1.82) is 0 Å². The lowest BCUT2D eigenvalue weighted by molar-refractivity contribution is -0.386. The Morgan fingerprint density at radius 3 is 2.76 bits per heavy atom. The number of ether oxygens (including phenoxy) is 1. The van der Waals surface area contributed by atoms with Gasteiger partial charge >= 0.3 is 11.7 Å². The molecule has 1 amide bonds. The second-order valence-corrected chi connectivity index (χ2v) is 8.36. The lowest BCUT2D eigenvalue weighted by Gasteiger charge is -2.18. The van der Waals surface area contributed by atoms with Crippen LogP contribution >= 0.6 is 11.3 Å². The Balaban J connectivity index is 1.86. The van der Waals surface area contributed by atoms with Crippen LogP contribution in [0.15, 0.2) is 0 Å². The molecule has 0 fully saturated rings.